The molecule has 1 rings (SSSR count). The van der Waals surface area contributed by atoms with Gasteiger partial charge in [0.15, 0.2) is 0 Å². The van der Waals surface area contributed by atoms with Crippen molar-refractivity contribution in [1.29, 1.82) is 0 Å². The first-order valence-corrected chi connectivity index (χ1v) is 5.64. The average Bonchev–Trinajstić information content (AvgIpc) is 1.82. The fourth-order valence-electron chi connectivity index (χ4n) is 0.645. The summed E-state index contributed by atoms with van der Waals surface area (Å²) in [5, 5.41) is 0. The standard InChI is InChI=1S/C6H3BrF5S/c7-5-2-1-3-6(4-5)13(8,9,10,11)12/h2-4H. The van der Waals surface area contributed by atoms with E-state index in [0.717, 1.165) is 6.07 Å². The van der Waals surface area contributed by atoms with Crippen LogP contribution in [0.3, 0.4) is 0 Å². The monoisotopic (exact) mass is 281 g/mol. The van der Waals surface area contributed by atoms with Crippen LogP contribution in [0.25, 0.3) is 0 Å². The van der Waals surface area contributed by atoms with Crippen molar-refractivity contribution >= 4 is 26.2 Å². The van der Waals surface area contributed by atoms with Crippen LogP contribution in [0.4, 0.5) is 19.4 Å². The van der Waals surface area contributed by atoms with Crippen LogP contribution in [0.5, 0.6) is 0 Å². The largest absolute Gasteiger partial charge is 0.310 e. The van der Waals surface area contributed by atoms with E-state index in [0.29, 0.717) is 6.07 Å². The van der Waals surface area contributed by atoms with Crippen LogP contribution < -0.4 is 0 Å². The average molecular weight is 282 g/mol. The van der Waals surface area contributed by atoms with Crippen molar-refractivity contribution in [2.45, 2.75) is 4.90 Å². The molecule has 1 aromatic carbocycles. The Morgan fingerprint density at radius 1 is 1.08 bits per heavy atom. The molecule has 0 aliphatic heterocycles. The van der Waals surface area contributed by atoms with Gasteiger partial charge in [0.05, 0.1) is 0 Å². The van der Waals surface area contributed by atoms with E-state index in [-0.39, 0.29) is 10.5 Å². The molecule has 0 unspecified atom stereocenters. The van der Waals surface area contributed by atoms with E-state index in [2.05, 4.69) is 15.9 Å². The zero-order chi connectivity index (χ0) is 10.4. The van der Waals surface area contributed by atoms with E-state index in [9.17, 15) is 19.4 Å². The van der Waals surface area contributed by atoms with Gasteiger partial charge in [-0.2, -0.15) is 0 Å². The summed E-state index contributed by atoms with van der Waals surface area (Å²) in [6.07, 6.45) is 0. The minimum Gasteiger partial charge on any atom is -0.0936 e. The lowest BCUT2D eigenvalue weighted by atomic mass is 10.4. The maximum Gasteiger partial charge on any atom is 0.310 e. The van der Waals surface area contributed by atoms with Gasteiger partial charge in [0.1, 0.15) is 4.90 Å². The number of benzene rings is 1. The Hall–Kier alpha value is -0.300. The highest BCUT2D eigenvalue weighted by Crippen LogP contribution is 3.02. The van der Waals surface area contributed by atoms with E-state index < -0.39 is 15.1 Å². The van der Waals surface area contributed by atoms with Crippen LogP contribution in [0, 0.1) is 6.07 Å². The summed E-state index contributed by atoms with van der Waals surface area (Å²) in [5.74, 6) is 0. The van der Waals surface area contributed by atoms with Gasteiger partial charge >= 0.3 is 10.2 Å². The summed E-state index contributed by atoms with van der Waals surface area (Å²) in [6.45, 7) is 0. The molecule has 0 fully saturated rings. The lowest BCUT2D eigenvalue weighted by Crippen LogP contribution is -2.05. The summed E-state index contributed by atoms with van der Waals surface area (Å²) >= 11 is 2.66. The lowest BCUT2D eigenvalue weighted by Gasteiger charge is -2.40. The molecule has 0 saturated carbocycles. The van der Waals surface area contributed by atoms with Crippen LogP contribution >= 0.6 is 26.2 Å². The number of halogens is 6. The highest BCUT2D eigenvalue weighted by Gasteiger charge is 2.65. The third-order valence-corrected chi connectivity index (χ3v) is 2.76. The second-order valence-electron chi connectivity index (χ2n) is 2.36. The fraction of sp³-hybridized carbons (Fsp3) is 0. The van der Waals surface area contributed by atoms with Crippen molar-refractivity contribution in [2.75, 3.05) is 0 Å². The van der Waals surface area contributed by atoms with E-state index in [1.807, 2.05) is 6.07 Å². The molecule has 0 nitrogen and oxygen atoms in total. The first kappa shape index (κ1) is 10.8. The first-order chi connectivity index (χ1) is 5.49. The van der Waals surface area contributed by atoms with Crippen LogP contribution in [0.15, 0.2) is 27.6 Å². The summed E-state index contributed by atoms with van der Waals surface area (Å²) < 4.78 is 60.3. The Balaban J connectivity index is 3.41. The summed E-state index contributed by atoms with van der Waals surface area (Å²) in [4.78, 5) is -1.94. The molecular formula is C6H3BrF5S. The third kappa shape index (κ3) is 2.84. The van der Waals surface area contributed by atoms with Crippen molar-refractivity contribution in [3.8, 4) is 0 Å². The quantitative estimate of drug-likeness (QED) is 0.642. The zero-order valence-corrected chi connectivity index (χ0v) is 8.31. The Kier molecular flexibility index (Phi) is 1.82. The molecule has 0 N–H and O–H groups in total. The molecular weight excluding hydrogens is 279 g/mol. The second-order valence-corrected chi connectivity index (χ2v) is 5.68. The highest BCUT2D eigenvalue weighted by molar-refractivity contribution is 9.10. The van der Waals surface area contributed by atoms with Gasteiger partial charge in [-0.3, -0.25) is 0 Å². The van der Waals surface area contributed by atoms with Gasteiger partial charge in [0, 0.05) is 4.47 Å². The molecule has 0 aliphatic rings. The SMILES string of the molecule is FS(F)(F)(F)(F)c1c[c]cc(Br)c1. The zero-order valence-electron chi connectivity index (χ0n) is 5.91. The van der Waals surface area contributed by atoms with Crippen LogP contribution in [-0.4, -0.2) is 0 Å². The van der Waals surface area contributed by atoms with Gasteiger partial charge in [0.25, 0.3) is 0 Å². The molecule has 0 saturated heterocycles. The third-order valence-electron chi connectivity index (χ3n) is 1.17. The molecule has 0 atom stereocenters. The Morgan fingerprint density at radius 2 is 1.62 bits per heavy atom. The number of hydrogen-bond donors (Lipinski definition) is 0. The fourth-order valence-corrected chi connectivity index (χ4v) is 1.82. The van der Waals surface area contributed by atoms with Crippen molar-refractivity contribution in [3.63, 3.8) is 0 Å². The predicted octanol–water partition coefficient (Wildman–Crippen LogP) is 4.91. The van der Waals surface area contributed by atoms with Gasteiger partial charge in [-0.1, -0.05) is 35.4 Å². The van der Waals surface area contributed by atoms with Crippen molar-refractivity contribution < 1.29 is 19.4 Å². The number of hydrogen-bond acceptors (Lipinski definition) is 0. The molecule has 0 aromatic heterocycles. The molecule has 0 bridgehead atoms. The molecule has 7 heteroatoms. The molecule has 0 aliphatic carbocycles. The van der Waals surface area contributed by atoms with Crippen molar-refractivity contribution in [3.05, 3.63) is 28.7 Å². The molecule has 1 radical (unpaired) electrons. The Labute approximate surface area is 79.6 Å². The summed E-state index contributed by atoms with van der Waals surface area (Å²) in [5.41, 5.74) is 0. The molecule has 75 valence electrons. The van der Waals surface area contributed by atoms with Gasteiger partial charge in [-0.25, -0.2) is 0 Å². The Bertz CT molecular complexity index is 342. The maximum absolute atomic E-state index is 12.1. The highest BCUT2D eigenvalue weighted by atomic mass is 79.9. The van der Waals surface area contributed by atoms with Crippen molar-refractivity contribution in [1.82, 2.24) is 0 Å². The predicted molar refractivity (Wildman–Crippen MR) is 44.4 cm³/mol. The second kappa shape index (κ2) is 2.20. The maximum atomic E-state index is 12.1. The van der Waals surface area contributed by atoms with Crippen LogP contribution in [-0.2, 0) is 0 Å². The van der Waals surface area contributed by atoms with Gasteiger partial charge in [-0.05, 0) is 24.3 Å². The number of rotatable bonds is 1. The van der Waals surface area contributed by atoms with E-state index in [1.54, 1.807) is 0 Å². The minimum absolute atomic E-state index is 0.0850. The summed E-state index contributed by atoms with van der Waals surface area (Å²) in [7, 11) is -9.52. The lowest BCUT2D eigenvalue weighted by molar-refractivity contribution is 0.364. The van der Waals surface area contributed by atoms with Gasteiger partial charge < -0.3 is 0 Å². The first-order valence-electron chi connectivity index (χ1n) is 2.90. The topological polar surface area (TPSA) is 0 Å². The minimum atomic E-state index is -9.52. The Morgan fingerprint density at radius 3 is 1.92 bits per heavy atom. The smallest absolute Gasteiger partial charge is 0.0936 e. The van der Waals surface area contributed by atoms with Gasteiger partial charge in [-0.15, -0.1) is 0 Å². The van der Waals surface area contributed by atoms with Crippen molar-refractivity contribution in [2.24, 2.45) is 0 Å². The summed E-state index contributed by atoms with van der Waals surface area (Å²) in [6, 6.07) is 3.65. The molecule has 0 spiro atoms. The van der Waals surface area contributed by atoms with Gasteiger partial charge in [0.2, 0.25) is 0 Å². The van der Waals surface area contributed by atoms with Crippen LogP contribution in [0.2, 0.25) is 0 Å². The van der Waals surface area contributed by atoms with E-state index >= 15 is 0 Å². The van der Waals surface area contributed by atoms with E-state index in [1.165, 1.54) is 0 Å². The molecule has 1 aromatic rings. The van der Waals surface area contributed by atoms with E-state index in [4.69, 9.17) is 0 Å². The normalized spacial score (nSPS) is 17.7. The van der Waals surface area contributed by atoms with Crippen LogP contribution in [0.1, 0.15) is 0 Å². The molecule has 0 heterocycles. The molecule has 13 heavy (non-hydrogen) atoms. The molecule has 0 amide bonds.